The second-order valence-corrected chi connectivity index (χ2v) is 6.34. The number of hydrogen-bond acceptors (Lipinski definition) is 3. The summed E-state index contributed by atoms with van der Waals surface area (Å²) in [6.45, 7) is 4.13. The maximum absolute atomic E-state index is 12.7. The van der Waals surface area contributed by atoms with Crippen LogP contribution in [-0.2, 0) is 16.2 Å². The molecule has 0 unspecified atom stereocenters. The maximum atomic E-state index is 12.7. The number of ether oxygens (including phenoxy) is 1. The largest absolute Gasteiger partial charge is 0.497 e. The van der Waals surface area contributed by atoms with E-state index in [2.05, 4.69) is 0 Å². The number of carbonyl (C=O) groups excluding carboxylic acids is 1. The van der Waals surface area contributed by atoms with Crippen molar-refractivity contribution in [2.45, 2.75) is 20.5 Å². The molecule has 2 aromatic carbocycles. The zero-order valence-electron chi connectivity index (χ0n) is 14.2. The minimum atomic E-state index is -0.591. The molecule has 0 radical (unpaired) electrons. The third kappa shape index (κ3) is 3.19. The van der Waals surface area contributed by atoms with Crippen molar-refractivity contribution in [2.75, 3.05) is 7.11 Å². The zero-order valence-corrected chi connectivity index (χ0v) is 14.2. The predicted octanol–water partition coefficient (Wildman–Crippen LogP) is 4.04. The predicted molar refractivity (Wildman–Crippen MR) is 92.8 cm³/mol. The van der Waals surface area contributed by atoms with Crippen molar-refractivity contribution in [1.82, 2.24) is 5.06 Å². The molecule has 0 spiro atoms. The Labute approximate surface area is 142 Å². The van der Waals surface area contributed by atoms with Gasteiger partial charge in [0.1, 0.15) is 12.4 Å². The van der Waals surface area contributed by atoms with Crippen molar-refractivity contribution >= 4 is 11.6 Å². The van der Waals surface area contributed by atoms with Crippen LogP contribution in [0.5, 0.6) is 5.75 Å². The van der Waals surface area contributed by atoms with Gasteiger partial charge < -0.3 is 4.74 Å². The maximum Gasteiger partial charge on any atom is 0.260 e. The van der Waals surface area contributed by atoms with E-state index in [1.165, 1.54) is 5.06 Å². The molecule has 0 aliphatic carbocycles. The first-order valence-electron chi connectivity index (χ1n) is 7.90. The van der Waals surface area contributed by atoms with Crippen LogP contribution < -0.4 is 4.74 Å². The van der Waals surface area contributed by atoms with E-state index >= 15 is 0 Å². The number of amides is 1. The highest BCUT2D eigenvalue weighted by Crippen LogP contribution is 2.38. The molecule has 0 bridgehead atoms. The minimum absolute atomic E-state index is 0.0655. The standard InChI is InChI=1S/C20H21NO3/c1-20(2)13-18(16-9-11-17(23-3)12-10-16)21(19(20)22)24-14-15-7-5-4-6-8-15/h4-13H,14H2,1-3H3. The molecule has 0 atom stereocenters. The number of nitrogens with zero attached hydrogens (tertiary/aromatic N) is 1. The molecule has 4 heteroatoms. The number of carbonyl (C=O) groups is 1. The number of hydrogen-bond donors (Lipinski definition) is 0. The lowest BCUT2D eigenvalue weighted by atomic mass is 9.94. The Kier molecular flexibility index (Phi) is 4.40. The topological polar surface area (TPSA) is 38.8 Å². The van der Waals surface area contributed by atoms with E-state index in [4.69, 9.17) is 9.57 Å². The van der Waals surface area contributed by atoms with E-state index < -0.39 is 5.41 Å². The van der Waals surface area contributed by atoms with Crippen molar-refractivity contribution < 1.29 is 14.4 Å². The Morgan fingerprint density at radius 2 is 1.67 bits per heavy atom. The van der Waals surface area contributed by atoms with Crippen LogP contribution in [0.2, 0.25) is 0 Å². The Morgan fingerprint density at radius 1 is 1.00 bits per heavy atom. The van der Waals surface area contributed by atoms with Crippen molar-refractivity contribution in [3.63, 3.8) is 0 Å². The van der Waals surface area contributed by atoms with Crippen LogP contribution in [0.1, 0.15) is 25.0 Å². The molecular weight excluding hydrogens is 302 g/mol. The van der Waals surface area contributed by atoms with Gasteiger partial charge in [0.25, 0.3) is 5.91 Å². The van der Waals surface area contributed by atoms with E-state index in [0.29, 0.717) is 6.61 Å². The summed E-state index contributed by atoms with van der Waals surface area (Å²) in [6, 6.07) is 17.4. The monoisotopic (exact) mass is 323 g/mol. The number of hydroxylamine groups is 2. The molecule has 0 fully saturated rings. The van der Waals surface area contributed by atoms with Gasteiger partial charge in [-0.2, -0.15) is 5.06 Å². The van der Waals surface area contributed by atoms with Gasteiger partial charge in [0, 0.05) is 5.56 Å². The Hall–Kier alpha value is -2.59. The van der Waals surface area contributed by atoms with Crippen LogP contribution in [0.25, 0.3) is 5.70 Å². The van der Waals surface area contributed by atoms with Gasteiger partial charge in [-0.3, -0.25) is 9.63 Å². The molecule has 4 nitrogen and oxygen atoms in total. The van der Waals surface area contributed by atoms with Gasteiger partial charge in [-0.15, -0.1) is 0 Å². The Morgan fingerprint density at radius 3 is 2.29 bits per heavy atom. The van der Waals surface area contributed by atoms with Crippen molar-refractivity contribution in [3.05, 3.63) is 71.8 Å². The first-order valence-corrected chi connectivity index (χ1v) is 7.90. The average Bonchev–Trinajstić information content (AvgIpc) is 2.84. The summed E-state index contributed by atoms with van der Waals surface area (Å²) in [4.78, 5) is 18.5. The summed E-state index contributed by atoms with van der Waals surface area (Å²) >= 11 is 0. The van der Waals surface area contributed by atoms with Gasteiger partial charge >= 0.3 is 0 Å². The lowest BCUT2D eigenvalue weighted by Gasteiger charge is -2.22. The fraction of sp³-hybridized carbons (Fsp3) is 0.250. The first-order chi connectivity index (χ1) is 11.5. The molecule has 124 valence electrons. The molecule has 1 aliphatic rings. The van der Waals surface area contributed by atoms with Gasteiger partial charge in [-0.1, -0.05) is 30.3 Å². The fourth-order valence-corrected chi connectivity index (χ4v) is 2.64. The summed E-state index contributed by atoms with van der Waals surface area (Å²) in [5.41, 5.74) is 2.11. The molecule has 0 aromatic heterocycles. The van der Waals surface area contributed by atoms with E-state index in [1.807, 2.05) is 74.5 Å². The number of benzene rings is 2. The second kappa shape index (κ2) is 6.49. The number of rotatable bonds is 5. The average molecular weight is 323 g/mol. The van der Waals surface area contributed by atoms with Crippen LogP contribution in [0.3, 0.4) is 0 Å². The van der Waals surface area contributed by atoms with Gasteiger partial charge in [0.15, 0.2) is 0 Å². The fourth-order valence-electron chi connectivity index (χ4n) is 2.64. The normalized spacial score (nSPS) is 16.2. The van der Waals surface area contributed by atoms with Crippen LogP contribution in [0.15, 0.2) is 60.7 Å². The summed E-state index contributed by atoms with van der Waals surface area (Å²) < 4.78 is 5.19. The highest BCUT2D eigenvalue weighted by Gasteiger charge is 2.40. The van der Waals surface area contributed by atoms with E-state index in [0.717, 1.165) is 22.6 Å². The molecule has 1 heterocycles. The van der Waals surface area contributed by atoms with Gasteiger partial charge in [0.2, 0.25) is 0 Å². The molecule has 0 N–H and O–H groups in total. The van der Waals surface area contributed by atoms with Crippen molar-refractivity contribution in [1.29, 1.82) is 0 Å². The van der Waals surface area contributed by atoms with Crippen LogP contribution in [0, 0.1) is 5.41 Å². The van der Waals surface area contributed by atoms with Crippen LogP contribution in [-0.4, -0.2) is 18.1 Å². The van der Waals surface area contributed by atoms with Gasteiger partial charge in [-0.25, -0.2) is 0 Å². The quantitative estimate of drug-likeness (QED) is 0.833. The van der Waals surface area contributed by atoms with E-state index in [-0.39, 0.29) is 5.91 Å². The van der Waals surface area contributed by atoms with Crippen molar-refractivity contribution in [3.8, 4) is 5.75 Å². The van der Waals surface area contributed by atoms with E-state index in [9.17, 15) is 4.79 Å². The van der Waals surface area contributed by atoms with Crippen molar-refractivity contribution in [2.24, 2.45) is 5.41 Å². The Balaban J connectivity index is 1.84. The molecule has 3 rings (SSSR count). The highest BCUT2D eigenvalue weighted by molar-refractivity contribution is 5.97. The highest BCUT2D eigenvalue weighted by atomic mass is 16.7. The molecule has 0 saturated carbocycles. The smallest absolute Gasteiger partial charge is 0.260 e. The lowest BCUT2D eigenvalue weighted by molar-refractivity contribution is -0.173. The molecule has 0 saturated heterocycles. The third-order valence-corrected chi connectivity index (χ3v) is 4.04. The zero-order chi connectivity index (χ0) is 17.2. The minimum Gasteiger partial charge on any atom is -0.497 e. The molecule has 24 heavy (non-hydrogen) atoms. The van der Waals surface area contributed by atoms with Gasteiger partial charge in [-0.05, 0) is 49.8 Å². The SMILES string of the molecule is COc1ccc(C2=CC(C)(C)C(=O)N2OCc2ccccc2)cc1. The van der Waals surface area contributed by atoms with Crippen LogP contribution in [0.4, 0.5) is 0 Å². The molecule has 2 aromatic rings. The van der Waals surface area contributed by atoms with E-state index in [1.54, 1.807) is 7.11 Å². The summed E-state index contributed by atoms with van der Waals surface area (Å²) in [7, 11) is 1.63. The molecule has 1 amide bonds. The molecule has 1 aliphatic heterocycles. The summed E-state index contributed by atoms with van der Waals surface area (Å²) in [5, 5.41) is 1.41. The second-order valence-electron chi connectivity index (χ2n) is 6.34. The number of methoxy groups -OCH3 is 1. The third-order valence-electron chi connectivity index (χ3n) is 4.04. The summed E-state index contributed by atoms with van der Waals surface area (Å²) in [6.07, 6.45) is 1.95. The lowest BCUT2D eigenvalue weighted by Crippen LogP contribution is -2.32. The van der Waals surface area contributed by atoms with Crippen LogP contribution >= 0.6 is 0 Å². The summed E-state index contributed by atoms with van der Waals surface area (Å²) in [5.74, 6) is 0.712. The molecular formula is C20H21NO3. The van der Waals surface area contributed by atoms with Gasteiger partial charge in [0.05, 0.1) is 18.2 Å². The first kappa shape index (κ1) is 16.3. The Bertz CT molecular complexity index is 748.